The molecule has 0 spiro atoms. The molecule has 4 amide bonds. The molecule has 7 rings (SSSR count). The normalized spacial score (nSPS) is 12.9. The second-order valence-corrected chi connectivity index (χ2v) is 12.0. The molecule has 3 N–H and O–H groups in total. The summed E-state index contributed by atoms with van der Waals surface area (Å²) in [5.74, 6) is -0.805. The molecule has 2 aromatic heterocycles. The molecule has 0 aliphatic carbocycles. The minimum absolute atomic E-state index is 0.0697. The van der Waals surface area contributed by atoms with Gasteiger partial charge in [-0.1, -0.05) is 30.3 Å². The fourth-order valence-corrected chi connectivity index (χ4v) is 6.16. The average molecular weight is 686 g/mol. The first-order valence-corrected chi connectivity index (χ1v) is 16.2. The number of urea groups is 1. The second-order valence-electron chi connectivity index (χ2n) is 12.0. The van der Waals surface area contributed by atoms with Gasteiger partial charge in [0.2, 0.25) is 0 Å². The number of methoxy groups -OCH3 is 1. The summed E-state index contributed by atoms with van der Waals surface area (Å²) in [6.45, 7) is 0.930. The van der Waals surface area contributed by atoms with Gasteiger partial charge in [0.05, 0.1) is 35.0 Å². The number of fused-ring (bicyclic) bond motifs is 2. The number of pyridine rings is 1. The highest BCUT2D eigenvalue weighted by atomic mass is 19.1. The molecule has 51 heavy (non-hydrogen) atoms. The topological polar surface area (TPSA) is 150 Å². The lowest BCUT2D eigenvalue weighted by Crippen LogP contribution is -2.51. The van der Waals surface area contributed by atoms with E-state index in [9.17, 15) is 23.6 Å². The number of nitrogens with zero attached hydrogens (tertiary/aromatic N) is 4. The number of aromatic amines is 1. The number of ether oxygens (including phenoxy) is 1. The summed E-state index contributed by atoms with van der Waals surface area (Å²) in [6, 6.07) is 24.8. The third-order valence-corrected chi connectivity index (χ3v) is 8.86. The number of halogens is 1. The van der Waals surface area contributed by atoms with E-state index in [4.69, 9.17) is 4.74 Å². The van der Waals surface area contributed by atoms with Crippen molar-refractivity contribution in [1.29, 1.82) is 0 Å². The molecule has 256 valence electrons. The highest BCUT2D eigenvalue weighted by molar-refractivity contribution is 6.09. The molecule has 4 aromatic carbocycles. The van der Waals surface area contributed by atoms with Gasteiger partial charge in [-0.15, -0.1) is 0 Å². The van der Waals surface area contributed by atoms with Gasteiger partial charge in [0.15, 0.2) is 0 Å². The number of amides is 4. The summed E-state index contributed by atoms with van der Waals surface area (Å²) >= 11 is 0. The van der Waals surface area contributed by atoms with E-state index in [1.54, 1.807) is 78.9 Å². The van der Waals surface area contributed by atoms with Crippen LogP contribution in [0.3, 0.4) is 0 Å². The molecular formula is C38H32FN7O5. The monoisotopic (exact) mass is 685 g/mol. The molecule has 1 aliphatic heterocycles. The van der Waals surface area contributed by atoms with Crippen molar-refractivity contribution in [3.05, 3.63) is 136 Å². The number of rotatable bonds is 7. The molecule has 13 heteroatoms. The molecule has 1 aliphatic rings. The van der Waals surface area contributed by atoms with Crippen LogP contribution >= 0.6 is 0 Å². The molecule has 1 saturated heterocycles. The van der Waals surface area contributed by atoms with Gasteiger partial charge < -0.3 is 25.2 Å². The number of nitrogens with one attached hydrogen (secondary N) is 3. The Morgan fingerprint density at radius 3 is 2.33 bits per heavy atom. The van der Waals surface area contributed by atoms with Crippen molar-refractivity contribution in [1.82, 2.24) is 25.0 Å². The fraction of sp³-hybridized carbons (Fsp3) is 0.158. The summed E-state index contributed by atoms with van der Waals surface area (Å²) in [6.07, 6.45) is 1.90. The predicted octanol–water partition coefficient (Wildman–Crippen LogP) is 5.45. The number of aromatic nitrogens is 3. The minimum Gasteiger partial charge on any atom is -0.496 e. The smallest absolute Gasteiger partial charge is 0.321 e. The molecule has 1 fully saturated rings. The number of para-hydroxylation sites is 1. The summed E-state index contributed by atoms with van der Waals surface area (Å²) in [5, 5.41) is 14.4. The van der Waals surface area contributed by atoms with E-state index in [0.29, 0.717) is 50.2 Å². The third-order valence-electron chi connectivity index (χ3n) is 8.86. The zero-order valence-electron chi connectivity index (χ0n) is 27.5. The molecule has 0 atom stereocenters. The Hall–Kier alpha value is -6.63. The molecular weight excluding hydrogens is 653 g/mol. The Balaban J connectivity index is 0.947. The van der Waals surface area contributed by atoms with Crippen LogP contribution in [0.15, 0.2) is 102 Å². The first-order chi connectivity index (χ1) is 24.8. The number of H-pyrrole nitrogens is 1. The van der Waals surface area contributed by atoms with Gasteiger partial charge in [0.25, 0.3) is 17.4 Å². The van der Waals surface area contributed by atoms with Crippen molar-refractivity contribution in [2.45, 2.75) is 6.42 Å². The Labute approximate surface area is 290 Å². The molecule has 3 heterocycles. The van der Waals surface area contributed by atoms with Crippen molar-refractivity contribution < 1.29 is 23.5 Å². The van der Waals surface area contributed by atoms with Crippen molar-refractivity contribution in [3.63, 3.8) is 0 Å². The van der Waals surface area contributed by atoms with Crippen molar-refractivity contribution >= 4 is 50.9 Å². The number of anilines is 2. The van der Waals surface area contributed by atoms with E-state index in [1.807, 2.05) is 18.2 Å². The molecule has 0 saturated carbocycles. The number of benzene rings is 4. The first kappa shape index (κ1) is 32.9. The Bertz CT molecular complexity index is 2350. The van der Waals surface area contributed by atoms with Crippen LogP contribution in [0.25, 0.3) is 21.7 Å². The molecule has 0 radical (unpaired) electrons. The van der Waals surface area contributed by atoms with Crippen molar-refractivity contribution in [2.24, 2.45) is 0 Å². The minimum atomic E-state index is -0.644. The van der Waals surface area contributed by atoms with Crippen molar-refractivity contribution in [2.75, 3.05) is 43.9 Å². The van der Waals surface area contributed by atoms with E-state index < -0.39 is 11.7 Å². The van der Waals surface area contributed by atoms with E-state index in [-0.39, 0.29) is 55.7 Å². The van der Waals surface area contributed by atoms with Gasteiger partial charge in [-0.3, -0.25) is 19.4 Å². The van der Waals surface area contributed by atoms with Crippen molar-refractivity contribution in [3.8, 4) is 5.75 Å². The van der Waals surface area contributed by atoms with Crippen LogP contribution in [0.1, 0.15) is 32.0 Å². The van der Waals surface area contributed by atoms with Crippen LogP contribution in [-0.4, -0.2) is 76.1 Å². The summed E-state index contributed by atoms with van der Waals surface area (Å²) < 4.78 is 20.3. The highest BCUT2D eigenvalue weighted by Crippen LogP contribution is 2.29. The molecule has 6 aromatic rings. The van der Waals surface area contributed by atoms with Crippen LogP contribution in [-0.2, 0) is 6.42 Å². The number of piperazine rings is 1. The SMILES string of the molecule is COc1ccnc2c(NC(=O)c3ccc(NC(=O)N4CCN(C(=O)c5cc(Cc6n[nH]c(=O)c7ccccc67)ccc5F)CC4)cc3)cccc12. The van der Waals surface area contributed by atoms with Crippen LogP contribution in [0, 0.1) is 5.82 Å². The zero-order chi connectivity index (χ0) is 35.5. The van der Waals surface area contributed by atoms with Crippen LogP contribution in [0.4, 0.5) is 20.6 Å². The van der Waals surface area contributed by atoms with E-state index in [1.165, 1.54) is 17.0 Å². The molecule has 0 unspecified atom stereocenters. The fourth-order valence-electron chi connectivity index (χ4n) is 6.16. The zero-order valence-corrected chi connectivity index (χ0v) is 27.5. The molecule has 12 nitrogen and oxygen atoms in total. The van der Waals surface area contributed by atoms with Gasteiger partial charge in [-0.25, -0.2) is 14.3 Å². The second kappa shape index (κ2) is 14.1. The van der Waals surface area contributed by atoms with Gasteiger partial charge in [-0.05, 0) is 66.2 Å². The first-order valence-electron chi connectivity index (χ1n) is 16.2. The largest absolute Gasteiger partial charge is 0.496 e. The van der Waals surface area contributed by atoms with Crippen LogP contribution < -0.4 is 20.9 Å². The number of carbonyl (C=O) groups excluding carboxylic acids is 3. The van der Waals surface area contributed by atoms with Gasteiger partial charge in [-0.2, -0.15) is 5.10 Å². The van der Waals surface area contributed by atoms with E-state index in [0.717, 1.165) is 5.39 Å². The third kappa shape index (κ3) is 6.81. The standard InChI is InChI=1S/C38H32FN7O5/c1-51-33-15-16-40-34-28(33)7-4-8-31(34)42-35(47)24-10-12-25(13-11-24)41-38(50)46-19-17-45(18-20-46)37(49)29-21-23(9-14-30(29)39)22-32-26-5-2-3-6-27(26)36(48)44-43-32/h2-16,21H,17-20,22H2,1H3,(H,41,50)(H,42,47)(H,44,48). The Morgan fingerprint density at radius 1 is 0.843 bits per heavy atom. The highest BCUT2D eigenvalue weighted by Gasteiger charge is 2.27. The summed E-state index contributed by atoms with van der Waals surface area (Å²) in [5.41, 5.74) is 2.93. The summed E-state index contributed by atoms with van der Waals surface area (Å²) in [4.78, 5) is 59.2. The molecule has 0 bridgehead atoms. The van der Waals surface area contributed by atoms with E-state index in [2.05, 4.69) is 25.8 Å². The Kier molecular flexibility index (Phi) is 9.08. The maximum absolute atomic E-state index is 14.9. The van der Waals surface area contributed by atoms with E-state index >= 15 is 0 Å². The maximum atomic E-state index is 14.9. The summed E-state index contributed by atoms with van der Waals surface area (Å²) in [7, 11) is 1.57. The van der Waals surface area contributed by atoms with Crippen LogP contribution in [0.2, 0.25) is 0 Å². The predicted molar refractivity (Wildman–Crippen MR) is 191 cm³/mol. The maximum Gasteiger partial charge on any atom is 0.321 e. The van der Waals surface area contributed by atoms with Crippen LogP contribution in [0.5, 0.6) is 5.75 Å². The number of carbonyl (C=O) groups is 3. The lowest BCUT2D eigenvalue weighted by molar-refractivity contribution is 0.0667. The average Bonchev–Trinajstić information content (AvgIpc) is 3.16. The van der Waals surface area contributed by atoms with Gasteiger partial charge >= 0.3 is 6.03 Å². The number of hydrogen-bond acceptors (Lipinski definition) is 7. The Morgan fingerprint density at radius 2 is 1.57 bits per heavy atom. The van der Waals surface area contributed by atoms with Gasteiger partial charge in [0, 0.05) is 60.8 Å². The lowest BCUT2D eigenvalue weighted by Gasteiger charge is -2.34. The number of hydrogen-bond donors (Lipinski definition) is 3. The van der Waals surface area contributed by atoms with Gasteiger partial charge in [0.1, 0.15) is 11.6 Å². The quantitative estimate of drug-likeness (QED) is 0.202. The lowest BCUT2D eigenvalue weighted by atomic mass is 10.0.